The molecule has 0 spiro atoms. The summed E-state index contributed by atoms with van der Waals surface area (Å²) in [4.78, 5) is 7.40. The van der Waals surface area contributed by atoms with E-state index in [0.29, 0.717) is 30.8 Å². The van der Waals surface area contributed by atoms with E-state index in [1.54, 1.807) is 29.5 Å². The lowest BCUT2D eigenvalue weighted by atomic mass is 10.1. The van der Waals surface area contributed by atoms with Crippen molar-refractivity contribution in [2.24, 2.45) is 0 Å². The maximum atomic E-state index is 13.0. The number of hydrogen-bond donors (Lipinski definition) is 0. The van der Waals surface area contributed by atoms with E-state index in [-0.39, 0.29) is 5.25 Å². The highest BCUT2D eigenvalue weighted by Gasteiger charge is 2.32. The second kappa shape index (κ2) is 8.88. The Labute approximate surface area is 192 Å². The molecule has 0 radical (unpaired) electrons. The van der Waals surface area contributed by atoms with E-state index < -0.39 is 9.84 Å². The van der Waals surface area contributed by atoms with Crippen molar-refractivity contribution in [2.75, 3.05) is 18.0 Å². The van der Waals surface area contributed by atoms with Crippen LogP contribution in [0.15, 0.2) is 67.8 Å². The van der Waals surface area contributed by atoms with E-state index in [4.69, 9.17) is 4.98 Å². The minimum Gasteiger partial charge on any atom is -0.348 e. The van der Waals surface area contributed by atoms with E-state index >= 15 is 0 Å². The van der Waals surface area contributed by atoms with Crippen LogP contribution in [-0.2, 0) is 16.3 Å². The molecule has 1 aromatic heterocycles. The van der Waals surface area contributed by atoms with Crippen LogP contribution in [-0.4, -0.2) is 31.7 Å². The van der Waals surface area contributed by atoms with Gasteiger partial charge in [-0.2, -0.15) is 0 Å². The first-order valence-corrected chi connectivity index (χ1v) is 13.4. The van der Waals surface area contributed by atoms with E-state index in [1.807, 2.05) is 18.2 Å². The molecule has 0 saturated carbocycles. The summed E-state index contributed by atoms with van der Waals surface area (Å²) in [5.74, 6) is 0. The molecule has 8 heteroatoms. The zero-order valence-corrected chi connectivity index (χ0v) is 20.4. The van der Waals surface area contributed by atoms with Crippen molar-refractivity contribution in [1.82, 2.24) is 4.98 Å². The van der Waals surface area contributed by atoms with Gasteiger partial charge in [-0.25, -0.2) is 13.4 Å². The van der Waals surface area contributed by atoms with E-state index in [2.05, 4.69) is 54.3 Å². The highest BCUT2D eigenvalue weighted by molar-refractivity contribution is 9.10. The topological polar surface area (TPSA) is 50.3 Å². The van der Waals surface area contributed by atoms with Gasteiger partial charge in [0.1, 0.15) is 0 Å². The smallest absolute Gasteiger partial charge is 0.185 e. The number of piperidine rings is 1. The van der Waals surface area contributed by atoms with Crippen molar-refractivity contribution in [2.45, 2.75) is 29.4 Å². The van der Waals surface area contributed by atoms with Gasteiger partial charge in [0.2, 0.25) is 0 Å². The summed E-state index contributed by atoms with van der Waals surface area (Å²) in [6, 6.07) is 15.2. The molecule has 0 amide bonds. The minimum atomic E-state index is -3.31. The van der Waals surface area contributed by atoms with Crippen molar-refractivity contribution in [1.29, 1.82) is 0 Å². The summed E-state index contributed by atoms with van der Waals surface area (Å²) < 4.78 is 27.8. The molecular weight excluding hydrogens is 536 g/mol. The molecule has 0 bridgehead atoms. The number of anilines is 1. The van der Waals surface area contributed by atoms with Gasteiger partial charge in [-0.05, 0) is 48.7 Å². The Bertz CT molecular complexity index is 1110. The summed E-state index contributed by atoms with van der Waals surface area (Å²) in [6.45, 7) is 1.42. The molecule has 152 valence electrons. The third kappa shape index (κ3) is 4.93. The van der Waals surface area contributed by atoms with Crippen molar-refractivity contribution < 1.29 is 8.42 Å². The van der Waals surface area contributed by atoms with Gasteiger partial charge in [-0.3, -0.25) is 0 Å². The Kier molecular flexibility index (Phi) is 6.44. The Morgan fingerprint density at radius 3 is 2.41 bits per heavy atom. The number of nitrogens with zero attached hydrogens (tertiary/aromatic N) is 2. The van der Waals surface area contributed by atoms with Crippen LogP contribution in [0.2, 0.25) is 0 Å². The predicted octanol–water partition coefficient (Wildman–Crippen LogP) is 5.70. The standard InChI is InChI=1S/C21H20Br2N2O2S2/c22-16-4-1-3-15(11-16)12-18-14-28-21(24-18)25-9-7-19(8-10-25)29(26,27)20-6-2-5-17(23)13-20/h1-6,11,13-14,19H,7-10,12H2. The predicted molar refractivity (Wildman–Crippen MR) is 126 cm³/mol. The van der Waals surface area contributed by atoms with Crippen LogP contribution in [0.25, 0.3) is 0 Å². The fourth-order valence-corrected chi connectivity index (χ4v) is 7.22. The van der Waals surface area contributed by atoms with Gasteiger partial charge in [-0.15, -0.1) is 11.3 Å². The molecule has 0 N–H and O–H groups in total. The second-order valence-electron chi connectivity index (χ2n) is 7.12. The normalized spacial score (nSPS) is 15.6. The maximum absolute atomic E-state index is 13.0. The van der Waals surface area contributed by atoms with Crippen LogP contribution in [0, 0.1) is 0 Å². The minimum absolute atomic E-state index is 0.339. The number of aromatic nitrogens is 1. The second-order valence-corrected chi connectivity index (χ2v) is 12.0. The number of rotatable bonds is 5. The third-order valence-electron chi connectivity index (χ3n) is 5.09. The molecule has 1 fully saturated rings. The van der Waals surface area contributed by atoms with Crippen LogP contribution in [0.1, 0.15) is 24.1 Å². The van der Waals surface area contributed by atoms with Crippen molar-refractivity contribution in [3.63, 3.8) is 0 Å². The average Bonchev–Trinajstić information content (AvgIpc) is 3.16. The van der Waals surface area contributed by atoms with E-state index in [1.165, 1.54) is 5.56 Å². The first-order chi connectivity index (χ1) is 13.9. The lowest BCUT2D eigenvalue weighted by molar-refractivity contribution is 0.529. The molecular formula is C21H20Br2N2O2S2. The Morgan fingerprint density at radius 2 is 1.72 bits per heavy atom. The molecule has 29 heavy (non-hydrogen) atoms. The molecule has 1 aliphatic heterocycles. The van der Waals surface area contributed by atoms with Gasteiger partial charge in [-0.1, -0.05) is 50.1 Å². The lowest BCUT2D eigenvalue weighted by Gasteiger charge is -2.31. The van der Waals surface area contributed by atoms with Crippen LogP contribution in [0.4, 0.5) is 5.13 Å². The van der Waals surface area contributed by atoms with E-state index in [0.717, 1.165) is 26.2 Å². The SMILES string of the molecule is O=S(=O)(c1cccc(Br)c1)C1CCN(c2nc(Cc3cccc(Br)c3)cs2)CC1. The van der Waals surface area contributed by atoms with Crippen LogP contribution >= 0.6 is 43.2 Å². The Morgan fingerprint density at radius 1 is 1.03 bits per heavy atom. The van der Waals surface area contributed by atoms with Crippen LogP contribution in [0.5, 0.6) is 0 Å². The fourth-order valence-electron chi connectivity index (χ4n) is 3.57. The quantitative estimate of drug-likeness (QED) is 0.405. The number of benzene rings is 2. The molecule has 0 aliphatic carbocycles. The molecule has 0 atom stereocenters. The van der Waals surface area contributed by atoms with Gasteiger partial charge >= 0.3 is 0 Å². The summed E-state index contributed by atoms with van der Waals surface area (Å²) >= 11 is 8.51. The first-order valence-electron chi connectivity index (χ1n) is 9.35. The van der Waals surface area contributed by atoms with Gasteiger partial charge in [0, 0.05) is 33.8 Å². The largest absolute Gasteiger partial charge is 0.348 e. The summed E-state index contributed by atoms with van der Waals surface area (Å²) in [5, 5.41) is 2.74. The highest BCUT2D eigenvalue weighted by atomic mass is 79.9. The molecule has 3 aromatic rings. The first kappa shape index (κ1) is 21.0. The average molecular weight is 556 g/mol. The van der Waals surface area contributed by atoms with Gasteiger partial charge in [0.15, 0.2) is 15.0 Å². The Hall–Kier alpha value is -1.22. The number of thiazole rings is 1. The van der Waals surface area contributed by atoms with E-state index in [9.17, 15) is 8.42 Å². The maximum Gasteiger partial charge on any atom is 0.185 e. The number of sulfone groups is 1. The monoisotopic (exact) mass is 554 g/mol. The summed E-state index contributed by atoms with van der Waals surface area (Å²) in [5.41, 5.74) is 2.27. The molecule has 1 aliphatic rings. The van der Waals surface area contributed by atoms with Gasteiger partial charge in [0.25, 0.3) is 0 Å². The van der Waals surface area contributed by atoms with Gasteiger partial charge < -0.3 is 4.90 Å². The van der Waals surface area contributed by atoms with Crippen LogP contribution < -0.4 is 4.90 Å². The molecule has 4 nitrogen and oxygen atoms in total. The molecule has 1 saturated heterocycles. The molecule has 0 unspecified atom stereocenters. The van der Waals surface area contributed by atoms with Crippen molar-refractivity contribution >= 4 is 58.2 Å². The third-order valence-corrected chi connectivity index (χ3v) is 9.29. The van der Waals surface area contributed by atoms with Crippen molar-refractivity contribution in [3.05, 3.63) is 74.1 Å². The summed E-state index contributed by atoms with van der Waals surface area (Å²) in [7, 11) is -3.31. The zero-order chi connectivity index (χ0) is 20.4. The molecule has 2 heterocycles. The molecule has 4 rings (SSSR count). The van der Waals surface area contributed by atoms with Gasteiger partial charge in [0.05, 0.1) is 15.8 Å². The lowest BCUT2D eigenvalue weighted by Crippen LogP contribution is -2.39. The number of hydrogen-bond acceptors (Lipinski definition) is 5. The number of halogens is 2. The highest BCUT2D eigenvalue weighted by Crippen LogP contribution is 2.30. The molecule has 2 aromatic carbocycles. The fraction of sp³-hybridized carbons (Fsp3) is 0.286. The summed E-state index contributed by atoms with van der Waals surface area (Å²) in [6.07, 6.45) is 2.04. The Balaban J connectivity index is 1.40. The van der Waals surface area contributed by atoms with Crippen LogP contribution in [0.3, 0.4) is 0 Å². The van der Waals surface area contributed by atoms with Crippen molar-refractivity contribution in [3.8, 4) is 0 Å². The zero-order valence-electron chi connectivity index (χ0n) is 15.6.